The highest BCUT2D eigenvalue weighted by Gasteiger charge is 2.18. The third-order valence-electron chi connectivity index (χ3n) is 3.31. The van der Waals surface area contributed by atoms with Crippen molar-refractivity contribution >= 4 is 11.6 Å². The molecule has 0 radical (unpaired) electrons. The second-order valence-corrected chi connectivity index (χ2v) is 5.88. The zero-order chi connectivity index (χ0) is 15.4. The Balaban J connectivity index is 1.96. The molecule has 0 aliphatic heterocycles. The van der Waals surface area contributed by atoms with Crippen LogP contribution in [0.15, 0.2) is 30.5 Å². The van der Waals surface area contributed by atoms with Crippen molar-refractivity contribution in [3.8, 4) is 5.75 Å². The van der Waals surface area contributed by atoms with Crippen molar-refractivity contribution in [2.75, 3.05) is 6.61 Å². The van der Waals surface area contributed by atoms with Gasteiger partial charge in [0.15, 0.2) is 0 Å². The molecule has 21 heavy (non-hydrogen) atoms. The number of hydrogen-bond acceptors (Lipinski definition) is 3. The second-order valence-electron chi connectivity index (χ2n) is 5.48. The SMILES string of the molecule is Cc1cccc(OCCC(N)c2c(Cl)cnn2C(C)C)c1. The van der Waals surface area contributed by atoms with Gasteiger partial charge in [0.25, 0.3) is 0 Å². The Morgan fingerprint density at radius 1 is 1.38 bits per heavy atom. The molecule has 0 amide bonds. The van der Waals surface area contributed by atoms with E-state index in [1.54, 1.807) is 6.20 Å². The molecule has 1 aromatic heterocycles. The highest BCUT2D eigenvalue weighted by molar-refractivity contribution is 6.31. The molecule has 114 valence electrons. The fraction of sp³-hybridized carbons (Fsp3) is 0.438. The summed E-state index contributed by atoms with van der Waals surface area (Å²) in [7, 11) is 0. The standard InChI is InChI=1S/C16H22ClN3O/c1-11(2)20-16(14(17)10-19-20)15(18)7-8-21-13-6-4-5-12(3)9-13/h4-6,9-11,15H,7-8,18H2,1-3H3. The molecule has 0 aliphatic rings. The van der Waals surface area contributed by atoms with Crippen LogP contribution in [0.5, 0.6) is 5.75 Å². The average Bonchev–Trinajstić information content (AvgIpc) is 2.81. The van der Waals surface area contributed by atoms with E-state index in [0.29, 0.717) is 18.1 Å². The first-order valence-electron chi connectivity index (χ1n) is 7.17. The minimum Gasteiger partial charge on any atom is -0.494 e. The molecule has 0 bridgehead atoms. The zero-order valence-corrected chi connectivity index (χ0v) is 13.5. The Morgan fingerprint density at radius 3 is 2.81 bits per heavy atom. The van der Waals surface area contributed by atoms with E-state index in [-0.39, 0.29) is 12.1 Å². The Bertz CT molecular complexity index is 595. The normalized spacial score (nSPS) is 12.7. The number of rotatable bonds is 6. The molecule has 2 aromatic rings. The lowest BCUT2D eigenvalue weighted by Gasteiger charge is -2.17. The lowest BCUT2D eigenvalue weighted by Crippen LogP contribution is -2.20. The average molecular weight is 308 g/mol. The van der Waals surface area contributed by atoms with Gasteiger partial charge in [0.1, 0.15) is 5.75 Å². The van der Waals surface area contributed by atoms with Gasteiger partial charge in [-0.1, -0.05) is 23.7 Å². The number of ether oxygens (including phenoxy) is 1. The Kier molecular flexibility index (Phi) is 5.26. The molecular weight excluding hydrogens is 286 g/mol. The molecule has 0 saturated heterocycles. The number of halogens is 1. The van der Waals surface area contributed by atoms with Crippen LogP contribution >= 0.6 is 11.6 Å². The highest BCUT2D eigenvalue weighted by atomic mass is 35.5. The summed E-state index contributed by atoms with van der Waals surface area (Å²) >= 11 is 6.20. The topological polar surface area (TPSA) is 53.1 Å². The van der Waals surface area contributed by atoms with Gasteiger partial charge in [-0.05, 0) is 38.5 Å². The molecule has 0 spiro atoms. The van der Waals surface area contributed by atoms with Gasteiger partial charge in [-0.2, -0.15) is 5.10 Å². The summed E-state index contributed by atoms with van der Waals surface area (Å²) in [6.45, 7) is 6.70. The van der Waals surface area contributed by atoms with Gasteiger partial charge in [-0.3, -0.25) is 4.68 Å². The molecule has 4 nitrogen and oxygen atoms in total. The maximum absolute atomic E-state index is 6.25. The Labute approximate surface area is 130 Å². The van der Waals surface area contributed by atoms with E-state index in [4.69, 9.17) is 22.1 Å². The molecule has 0 saturated carbocycles. The van der Waals surface area contributed by atoms with Crippen molar-refractivity contribution in [1.29, 1.82) is 0 Å². The van der Waals surface area contributed by atoms with Crippen LogP contribution in [0.4, 0.5) is 0 Å². The smallest absolute Gasteiger partial charge is 0.119 e. The monoisotopic (exact) mass is 307 g/mol. The molecule has 1 aromatic carbocycles. The van der Waals surface area contributed by atoms with Gasteiger partial charge >= 0.3 is 0 Å². The molecule has 2 N–H and O–H groups in total. The van der Waals surface area contributed by atoms with Crippen molar-refractivity contribution in [1.82, 2.24) is 9.78 Å². The van der Waals surface area contributed by atoms with Crippen LogP contribution in [0.25, 0.3) is 0 Å². The van der Waals surface area contributed by atoms with Gasteiger partial charge < -0.3 is 10.5 Å². The van der Waals surface area contributed by atoms with Crippen LogP contribution in [0.2, 0.25) is 5.02 Å². The Hall–Kier alpha value is -1.52. The van der Waals surface area contributed by atoms with Crippen molar-refractivity contribution in [2.45, 2.75) is 39.3 Å². The fourth-order valence-electron chi connectivity index (χ4n) is 2.25. The van der Waals surface area contributed by atoms with Crippen LogP contribution in [-0.2, 0) is 0 Å². The van der Waals surface area contributed by atoms with Crippen molar-refractivity contribution < 1.29 is 4.74 Å². The summed E-state index contributed by atoms with van der Waals surface area (Å²) < 4.78 is 7.62. The van der Waals surface area contributed by atoms with E-state index in [0.717, 1.165) is 11.4 Å². The third kappa shape index (κ3) is 3.99. The number of benzene rings is 1. The largest absolute Gasteiger partial charge is 0.494 e. The zero-order valence-electron chi connectivity index (χ0n) is 12.7. The maximum Gasteiger partial charge on any atom is 0.119 e. The van der Waals surface area contributed by atoms with E-state index < -0.39 is 0 Å². The van der Waals surface area contributed by atoms with E-state index in [1.807, 2.05) is 35.9 Å². The first kappa shape index (κ1) is 15.9. The summed E-state index contributed by atoms with van der Waals surface area (Å²) in [6.07, 6.45) is 2.34. The summed E-state index contributed by atoms with van der Waals surface area (Å²) in [5, 5.41) is 4.90. The van der Waals surface area contributed by atoms with Crippen LogP contribution in [0.1, 0.15) is 43.6 Å². The number of aryl methyl sites for hydroxylation is 1. The predicted octanol–water partition coefficient (Wildman–Crippen LogP) is 3.89. The van der Waals surface area contributed by atoms with E-state index in [9.17, 15) is 0 Å². The summed E-state index contributed by atoms with van der Waals surface area (Å²) in [5.74, 6) is 0.866. The molecule has 1 unspecified atom stereocenters. The van der Waals surface area contributed by atoms with Crippen LogP contribution < -0.4 is 10.5 Å². The lowest BCUT2D eigenvalue weighted by atomic mass is 10.1. The van der Waals surface area contributed by atoms with E-state index in [1.165, 1.54) is 5.56 Å². The highest BCUT2D eigenvalue weighted by Crippen LogP contribution is 2.26. The molecule has 1 atom stereocenters. The van der Waals surface area contributed by atoms with Gasteiger partial charge in [0.2, 0.25) is 0 Å². The second kappa shape index (κ2) is 6.96. The number of nitrogens with zero attached hydrogens (tertiary/aromatic N) is 2. The molecule has 5 heteroatoms. The number of hydrogen-bond donors (Lipinski definition) is 1. The van der Waals surface area contributed by atoms with Crippen LogP contribution in [-0.4, -0.2) is 16.4 Å². The van der Waals surface area contributed by atoms with Crippen molar-refractivity contribution in [2.24, 2.45) is 5.73 Å². The molecule has 0 aliphatic carbocycles. The quantitative estimate of drug-likeness (QED) is 0.880. The lowest BCUT2D eigenvalue weighted by molar-refractivity contribution is 0.294. The maximum atomic E-state index is 6.25. The van der Waals surface area contributed by atoms with E-state index in [2.05, 4.69) is 18.9 Å². The first-order chi connectivity index (χ1) is 9.99. The summed E-state index contributed by atoms with van der Waals surface area (Å²) in [5.41, 5.74) is 8.30. The van der Waals surface area contributed by atoms with Gasteiger partial charge in [-0.15, -0.1) is 0 Å². The predicted molar refractivity (Wildman–Crippen MR) is 85.8 cm³/mol. The van der Waals surface area contributed by atoms with E-state index >= 15 is 0 Å². The molecule has 0 fully saturated rings. The van der Waals surface area contributed by atoms with Crippen LogP contribution in [0.3, 0.4) is 0 Å². The minimum absolute atomic E-state index is 0.188. The third-order valence-corrected chi connectivity index (χ3v) is 3.61. The van der Waals surface area contributed by atoms with Gasteiger partial charge in [-0.25, -0.2) is 0 Å². The van der Waals surface area contributed by atoms with Crippen molar-refractivity contribution in [3.05, 3.63) is 46.7 Å². The first-order valence-corrected chi connectivity index (χ1v) is 7.54. The molecular formula is C16H22ClN3O. The number of nitrogens with two attached hydrogens (primary N) is 1. The Morgan fingerprint density at radius 2 is 2.14 bits per heavy atom. The molecule has 1 heterocycles. The number of aromatic nitrogens is 2. The minimum atomic E-state index is -0.188. The van der Waals surface area contributed by atoms with Crippen LogP contribution in [0, 0.1) is 6.92 Å². The summed E-state index contributed by atoms with van der Waals surface area (Å²) in [6, 6.07) is 8.03. The molecule has 2 rings (SSSR count). The fourth-order valence-corrected chi connectivity index (χ4v) is 2.53. The summed E-state index contributed by atoms with van der Waals surface area (Å²) in [4.78, 5) is 0. The van der Waals surface area contributed by atoms with Gasteiger partial charge in [0, 0.05) is 12.5 Å². The van der Waals surface area contributed by atoms with Gasteiger partial charge in [0.05, 0.1) is 29.6 Å². The van der Waals surface area contributed by atoms with Crippen molar-refractivity contribution in [3.63, 3.8) is 0 Å².